The van der Waals surface area contributed by atoms with E-state index < -0.39 is 5.97 Å². The van der Waals surface area contributed by atoms with Crippen molar-refractivity contribution in [1.29, 1.82) is 5.26 Å². The molecule has 0 saturated carbocycles. The van der Waals surface area contributed by atoms with E-state index in [0.29, 0.717) is 22.1 Å². The zero-order chi connectivity index (χ0) is 21.3. The van der Waals surface area contributed by atoms with Gasteiger partial charge in [-0.15, -0.1) is 0 Å². The summed E-state index contributed by atoms with van der Waals surface area (Å²) in [5.74, 6) is 0.508. The average molecular weight is 420 g/mol. The number of methoxy groups -OCH3 is 1. The first-order chi connectivity index (χ1) is 14.6. The second-order valence-electron chi connectivity index (χ2n) is 6.17. The summed E-state index contributed by atoms with van der Waals surface area (Å²) in [6, 6.07) is 23.3. The van der Waals surface area contributed by atoms with Crippen LogP contribution in [0.4, 0.5) is 0 Å². The molecule has 0 radical (unpaired) electrons. The Kier molecular flexibility index (Phi) is 7.09. The van der Waals surface area contributed by atoms with Gasteiger partial charge in [-0.2, -0.15) is 5.26 Å². The van der Waals surface area contributed by atoms with Crippen LogP contribution in [-0.2, 0) is 4.79 Å². The van der Waals surface area contributed by atoms with E-state index in [-0.39, 0.29) is 12.4 Å². The number of benzene rings is 3. The summed E-state index contributed by atoms with van der Waals surface area (Å²) < 4.78 is 16.1. The maximum absolute atomic E-state index is 12.1. The third-order valence-corrected chi connectivity index (χ3v) is 4.32. The molecule has 5 nitrogen and oxygen atoms in total. The van der Waals surface area contributed by atoms with Crippen LogP contribution in [0.15, 0.2) is 72.8 Å². The summed E-state index contributed by atoms with van der Waals surface area (Å²) in [6.07, 6.45) is 1.74. The number of rotatable bonds is 7. The lowest BCUT2D eigenvalue weighted by molar-refractivity contribution is -0.136. The van der Waals surface area contributed by atoms with Crippen LogP contribution in [0.3, 0.4) is 0 Å². The van der Waals surface area contributed by atoms with Crippen molar-refractivity contribution in [3.05, 3.63) is 88.9 Å². The van der Waals surface area contributed by atoms with Crippen LogP contribution in [0.25, 0.3) is 11.6 Å². The van der Waals surface area contributed by atoms with Gasteiger partial charge in [0, 0.05) is 5.02 Å². The number of nitriles is 1. The highest BCUT2D eigenvalue weighted by Gasteiger charge is 2.12. The van der Waals surface area contributed by atoms with E-state index in [1.165, 1.54) is 7.11 Å². The molecule has 3 rings (SSSR count). The Balaban J connectivity index is 1.71. The van der Waals surface area contributed by atoms with Crippen LogP contribution in [0.1, 0.15) is 11.1 Å². The molecule has 0 aliphatic rings. The van der Waals surface area contributed by atoms with Gasteiger partial charge in [0.25, 0.3) is 0 Å². The molecule has 0 heterocycles. The van der Waals surface area contributed by atoms with E-state index in [1.54, 1.807) is 48.5 Å². The zero-order valence-electron chi connectivity index (χ0n) is 16.2. The summed E-state index contributed by atoms with van der Waals surface area (Å²) in [7, 11) is 1.48. The third-order valence-electron chi connectivity index (χ3n) is 4.08. The van der Waals surface area contributed by atoms with Gasteiger partial charge in [-0.25, -0.2) is 4.79 Å². The molecule has 0 N–H and O–H groups in total. The Hall–Kier alpha value is -3.75. The molecule has 0 amide bonds. The van der Waals surface area contributed by atoms with Crippen molar-refractivity contribution in [2.75, 3.05) is 13.7 Å². The van der Waals surface area contributed by atoms with Gasteiger partial charge < -0.3 is 14.2 Å². The highest BCUT2D eigenvalue weighted by molar-refractivity contribution is 6.30. The SMILES string of the molecule is COc1cc(C=C(C#N)c2ccccc2)ccc1OC(=O)COc1cccc(Cl)c1. The van der Waals surface area contributed by atoms with Gasteiger partial charge in [-0.05, 0) is 47.5 Å². The lowest BCUT2D eigenvalue weighted by atomic mass is 10.0. The number of carbonyl (C=O) groups excluding carboxylic acids is 1. The predicted octanol–water partition coefficient (Wildman–Crippen LogP) is 5.40. The molecule has 0 aromatic heterocycles. The van der Waals surface area contributed by atoms with Gasteiger partial charge >= 0.3 is 5.97 Å². The second kappa shape index (κ2) is 10.1. The average Bonchev–Trinajstić information content (AvgIpc) is 2.77. The van der Waals surface area contributed by atoms with Crippen LogP contribution in [-0.4, -0.2) is 19.7 Å². The summed E-state index contributed by atoms with van der Waals surface area (Å²) in [4.78, 5) is 12.1. The highest BCUT2D eigenvalue weighted by atomic mass is 35.5. The lowest BCUT2D eigenvalue weighted by Crippen LogP contribution is -2.18. The largest absolute Gasteiger partial charge is 0.493 e. The van der Waals surface area contributed by atoms with Crippen molar-refractivity contribution in [2.24, 2.45) is 0 Å². The van der Waals surface area contributed by atoms with Crippen LogP contribution < -0.4 is 14.2 Å². The van der Waals surface area contributed by atoms with Crippen LogP contribution in [0, 0.1) is 11.3 Å². The molecule has 150 valence electrons. The molecular weight excluding hydrogens is 402 g/mol. The Morgan fingerprint density at radius 1 is 1.03 bits per heavy atom. The van der Waals surface area contributed by atoms with Crippen molar-refractivity contribution < 1.29 is 19.0 Å². The number of halogens is 1. The maximum Gasteiger partial charge on any atom is 0.349 e. The number of ether oxygens (including phenoxy) is 3. The predicted molar refractivity (Wildman–Crippen MR) is 116 cm³/mol. The number of nitrogens with zero attached hydrogens (tertiary/aromatic N) is 1. The number of hydrogen-bond acceptors (Lipinski definition) is 5. The van der Waals surface area contributed by atoms with Gasteiger partial charge in [-0.3, -0.25) is 0 Å². The Labute approximate surface area is 179 Å². The van der Waals surface area contributed by atoms with Crippen molar-refractivity contribution in [2.45, 2.75) is 0 Å². The van der Waals surface area contributed by atoms with Gasteiger partial charge in [0.15, 0.2) is 18.1 Å². The molecule has 3 aromatic carbocycles. The Morgan fingerprint density at radius 3 is 2.53 bits per heavy atom. The van der Waals surface area contributed by atoms with Crippen LogP contribution in [0.2, 0.25) is 5.02 Å². The topological polar surface area (TPSA) is 68.5 Å². The van der Waals surface area contributed by atoms with E-state index in [1.807, 2.05) is 30.3 Å². The van der Waals surface area contributed by atoms with Gasteiger partial charge in [0.1, 0.15) is 5.75 Å². The van der Waals surface area contributed by atoms with E-state index >= 15 is 0 Å². The fourth-order valence-electron chi connectivity index (χ4n) is 2.67. The van der Waals surface area contributed by atoms with Crippen molar-refractivity contribution in [3.63, 3.8) is 0 Å². The first kappa shape index (κ1) is 21.0. The Bertz CT molecular complexity index is 1100. The molecule has 0 saturated heterocycles. The standard InChI is InChI=1S/C24H18ClNO4/c1-28-23-13-17(12-19(15-26)18-6-3-2-4-7-18)10-11-22(23)30-24(27)16-29-21-9-5-8-20(25)14-21/h2-14H,16H2,1H3. The lowest BCUT2D eigenvalue weighted by Gasteiger charge is -2.11. The molecule has 0 unspecified atom stereocenters. The zero-order valence-corrected chi connectivity index (χ0v) is 16.9. The van der Waals surface area contributed by atoms with Crippen LogP contribution in [0.5, 0.6) is 17.2 Å². The van der Waals surface area contributed by atoms with Crippen molar-refractivity contribution in [1.82, 2.24) is 0 Å². The number of hydrogen-bond donors (Lipinski definition) is 0. The molecule has 30 heavy (non-hydrogen) atoms. The first-order valence-electron chi connectivity index (χ1n) is 9.03. The Morgan fingerprint density at radius 2 is 1.83 bits per heavy atom. The minimum absolute atomic E-state index is 0.257. The molecular formula is C24H18ClNO4. The van der Waals surface area contributed by atoms with E-state index in [0.717, 1.165) is 11.1 Å². The van der Waals surface area contributed by atoms with E-state index in [4.69, 9.17) is 25.8 Å². The monoisotopic (exact) mass is 419 g/mol. The normalized spacial score (nSPS) is 10.8. The minimum atomic E-state index is -0.585. The molecule has 0 aliphatic heterocycles. The number of allylic oxidation sites excluding steroid dienone is 1. The van der Waals surface area contributed by atoms with E-state index in [9.17, 15) is 10.1 Å². The fourth-order valence-corrected chi connectivity index (χ4v) is 2.85. The number of esters is 1. The summed E-state index contributed by atoms with van der Waals surface area (Å²) >= 11 is 5.89. The van der Waals surface area contributed by atoms with Crippen LogP contribution >= 0.6 is 11.6 Å². The second-order valence-corrected chi connectivity index (χ2v) is 6.60. The molecule has 3 aromatic rings. The summed E-state index contributed by atoms with van der Waals surface area (Å²) in [6.45, 7) is -0.280. The molecule has 0 bridgehead atoms. The fraction of sp³-hybridized carbons (Fsp3) is 0.0833. The highest BCUT2D eigenvalue weighted by Crippen LogP contribution is 2.30. The quantitative estimate of drug-likeness (QED) is 0.222. The van der Waals surface area contributed by atoms with Gasteiger partial charge in [0.2, 0.25) is 0 Å². The molecule has 0 spiro atoms. The van der Waals surface area contributed by atoms with Crippen molar-refractivity contribution in [3.8, 4) is 23.3 Å². The van der Waals surface area contributed by atoms with Gasteiger partial charge in [-0.1, -0.05) is 54.1 Å². The van der Waals surface area contributed by atoms with Crippen molar-refractivity contribution >= 4 is 29.2 Å². The number of carbonyl (C=O) groups is 1. The van der Waals surface area contributed by atoms with E-state index in [2.05, 4.69) is 6.07 Å². The molecule has 0 aliphatic carbocycles. The summed E-state index contributed by atoms with van der Waals surface area (Å²) in [5, 5.41) is 9.98. The molecule has 0 atom stereocenters. The van der Waals surface area contributed by atoms with Gasteiger partial charge in [0.05, 0.1) is 18.8 Å². The minimum Gasteiger partial charge on any atom is -0.493 e. The smallest absolute Gasteiger partial charge is 0.349 e. The third kappa shape index (κ3) is 5.63. The molecule has 0 fully saturated rings. The maximum atomic E-state index is 12.1. The first-order valence-corrected chi connectivity index (χ1v) is 9.41. The summed E-state index contributed by atoms with van der Waals surface area (Å²) in [5.41, 5.74) is 2.06. The molecule has 6 heteroatoms.